The van der Waals surface area contributed by atoms with Gasteiger partial charge in [0.15, 0.2) is 0 Å². The first-order valence-electron chi connectivity index (χ1n) is 7.23. The minimum Gasteiger partial charge on any atom is -0.465 e. The molecule has 23 heavy (non-hydrogen) atoms. The summed E-state index contributed by atoms with van der Waals surface area (Å²) >= 11 is 3.60. The molecule has 0 unspecified atom stereocenters. The number of halogens is 1. The van der Waals surface area contributed by atoms with Gasteiger partial charge in [-0.2, -0.15) is 0 Å². The van der Waals surface area contributed by atoms with Gasteiger partial charge in [0, 0.05) is 28.8 Å². The fourth-order valence-electron chi connectivity index (χ4n) is 2.50. The Morgan fingerprint density at radius 2 is 1.91 bits per heavy atom. The van der Waals surface area contributed by atoms with Crippen molar-refractivity contribution in [3.05, 3.63) is 64.9 Å². The van der Waals surface area contributed by atoms with E-state index < -0.39 is 6.09 Å². The minimum atomic E-state index is -0.989. The van der Waals surface area contributed by atoms with Crippen LogP contribution in [0.3, 0.4) is 0 Å². The van der Waals surface area contributed by atoms with E-state index >= 15 is 0 Å². The van der Waals surface area contributed by atoms with Crippen molar-refractivity contribution in [1.29, 1.82) is 0 Å². The smallest absolute Gasteiger partial charge is 0.404 e. The van der Waals surface area contributed by atoms with E-state index in [1.807, 2.05) is 24.4 Å². The van der Waals surface area contributed by atoms with E-state index in [2.05, 4.69) is 50.5 Å². The molecule has 4 nitrogen and oxygen atoms in total. The molecular formula is C18H15BrN2O2. The highest BCUT2D eigenvalue weighted by Crippen LogP contribution is 2.30. The van der Waals surface area contributed by atoms with E-state index in [9.17, 15) is 4.79 Å². The van der Waals surface area contributed by atoms with Crippen molar-refractivity contribution in [2.45, 2.75) is 6.42 Å². The zero-order valence-electron chi connectivity index (χ0n) is 12.3. The molecule has 3 aromatic rings. The summed E-state index contributed by atoms with van der Waals surface area (Å²) in [7, 11) is 0. The van der Waals surface area contributed by atoms with Gasteiger partial charge in [0.05, 0.1) is 0 Å². The summed E-state index contributed by atoms with van der Waals surface area (Å²) in [6.45, 7) is 0.420. The van der Waals surface area contributed by atoms with Gasteiger partial charge in [-0.25, -0.2) is 4.79 Å². The molecule has 1 amide bonds. The number of rotatable bonds is 4. The Balaban J connectivity index is 1.83. The molecule has 0 aliphatic heterocycles. The van der Waals surface area contributed by atoms with Crippen LogP contribution in [0.2, 0.25) is 0 Å². The number of benzene rings is 2. The van der Waals surface area contributed by atoms with Gasteiger partial charge in [-0.1, -0.05) is 40.2 Å². The van der Waals surface area contributed by atoms with Gasteiger partial charge in [0.1, 0.15) is 0 Å². The van der Waals surface area contributed by atoms with E-state index in [1.165, 1.54) is 0 Å². The fourth-order valence-corrected chi connectivity index (χ4v) is 3.08. The molecule has 0 spiro atoms. The van der Waals surface area contributed by atoms with Crippen LogP contribution in [0.1, 0.15) is 5.56 Å². The predicted molar refractivity (Wildman–Crippen MR) is 94.6 cm³/mol. The average molecular weight is 371 g/mol. The van der Waals surface area contributed by atoms with Gasteiger partial charge >= 0.3 is 6.09 Å². The first-order chi connectivity index (χ1) is 11.1. The van der Waals surface area contributed by atoms with Crippen molar-refractivity contribution >= 4 is 32.8 Å². The molecule has 3 rings (SSSR count). The maximum atomic E-state index is 10.4. The molecule has 116 valence electrons. The van der Waals surface area contributed by atoms with Crippen LogP contribution in [0.15, 0.2) is 59.3 Å². The Kier molecular flexibility index (Phi) is 4.57. The minimum absolute atomic E-state index is 0.420. The van der Waals surface area contributed by atoms with Gasteiger partial charge in [0.25, 0.3) is 0 Å². The number of carbonyl (C=O) groups is 1. The quantitative estimate of drug-likeness (QED) is 0.711. The lowest BCUT2D eigenvalue weighted by atomic mass is 10.0. The van der Waals surface area contributed by atoms with Crippen LogP contribution in [0, 0.1) is 0 Å². The third-order valence-electron chi connectivity index (χ3n) is 3.68. The zero-order chi connectivity index (χ0) is 16.2. The first kappa shape index (κ1) is 15.5. The second-order valence-corrected chi connectivity index (χ2v) is 6.09. The van der Waals surface area contributed by atoms with E-state index in [0.717, 1.165) is 31.9 Å². The van der Waals surface area contributed by atoms with E-state index in [4.69, 9.17) is 5.11 Å². The Bertz CT molecular complexity index is 847. The number of amides is 1. The van der Waals surface area contributed by atoms with Crippen molar-refractivity contribution in [3.63, 3.8) is 0 Å². The van der Waals surface area contributed by atoms with E-state index in [0.29, 0.717) is 13.0 Å². The predicted octanol–water partition coefficient (Wildman–Crippen LogP) is 4.47. The number of nitrogens with one attached hydrogen (secondary N) is 1. The van der Waals surface area contributed by atoms with Crippen molar-refractivity contribution in [2.75, 3.05) is 6.54 Å². The molecule has 0 saturated heterocycles. The Labute approximate surface area is 142 Å². The van der Waals surface area contributed by atoms with E-state index in [1.54, 1.807) is 6.20 Å². The normalized spacial score (nSPS) is 10.7. The topological polar surface area (TPSA) is 62.2 Å². The Hall–Kier alpha value is -2.40. The largest absolute Gasteiger partial charge is 0.465 e. The van der Waals surface area contributed by atoms with Crippen LogP contribution >= 0.6 is 15.9 Å². The number of carboxylic acid groups (broad SMARTS) is 1. The molecule has 2 N–H and O–H groups in total. The summed E-state index contributed by atoms with van der Waals surface area (Å²) in [6.07, 6.45) is 3.33. The molecule has 0 bridgehead atoms. The van der Waals surface area contributed by atoms with E-state index in [-0.39, 0.29) is 0 Å². The van der Waals surface area contributed by atoms with Crippen LogP contribution in [-0.4, -0.2) is 22.7 Å². The number of pyridine rings is 1. The average Bonchev–Trinajstić information content (AvgIpc) is 2.55. The van der Waals surface area contributed by atoms with Crippen molar-refractivity contribution in [3.8, 4) is 11.1 Å². The summed E-state index contributed by atoms with van der Waals surface area (Å²) in [5, 5.41) is 13.2. The van der Waals surface area contributed by atoms with Gasteiger partial charge in [-0.15, -0.1) is 0 Å². The van der Waals surface area contributed by atoms with Crippen molar-refractivity contribution < 1.29 is 9.90 Å². The van der Waals surface area contributed by atoms with Crippen molar-refractivity contribution in [1.82, 2.24) is 10.3 Å². The summed E-state index contributed by atoms with van der Waals surface area (Å²) in [4.78, 5) is 14.6. The molecule has 2 aromatic carbocycles. The highest BCUT2D eigenvalue weighted by atomic mass is 79.9. The molecule has 1 aromatic heterocycles. The summed E-state index contributed by atoms with van der Waals surface area (Å²) in [5.41, 5.74) is 3.36. The lowest BCUT2D eigenvalue weighted by molar-refractivity contribution is 0.194. The summed E-state index contributed by atoms with van der Waals surface area (Å²) in [5.74, 6) is 0. The Morgan fingerprint density at radius 1 is 1.13 bits per heavy atom. The third-order valence-corrected chi connectivity index (χ3v) is 4.34. The van der Waals surface area contributed by atoms with Gasteiger partial charge in [0.2, 0.25) is 0 Å². The molecule has 0 fully saturated rings. The molecule has 0 aliphatic rings. The summed E-state index contributed by atoms with van der Waals surface area (Å²) in [6, 6.07) is 14.4. The number of nitrogens with zero attached hydrogens (tertiary/aromatic N) is 1. The second-order valence-electron chi connectivity index (χ2n) is 5.23. The van der Waals surface area contributed by atoms with Crippen LogP contribution in [0.4, 0.5) is 4.79 Å². The van der Waals surface area contributed by atoms with Crippen LogP contribution < -0.4 is 5.32 Å². The molecule has 0 aliphatic carbocycles. The fraction of sp³-hybridized carbons (Fsp3) is 0.111. The van der Waals surface area contributed by atoms with Gasteiger partial charge < -0.3 is 10.4 Å². The summed E-state index contributed by atoms with van der Waals surface area (Å²) < 4.78 is 1.02. The molecule has 0 atom stereocenters. The number of aromatic nitrogens is 1. The van der Waals surface area contributed by atoms with Crippen LogP contribution in [0.25, 0.3) is 21.9 Å². The van der Waals surface area contributed by atoms with Crippen LogP contribution in [-0.2, 0) is 6.42 Å². The maximum absolute atomic E-state index is 10.4. The number of fused-ring (bicyclic) bond motifs is 1. The monoisotopic (exact) mass is 370 g/mol. The second kappa shape index (κ2) is 6.79. The molecule has 0 saturated carbocycles. The molecule has 1 heterocycles. The molecule has 5 heteroatoms. The van der Waals surface area contributed by atoms with Crippen LogP contribution in [0.5, 0.6) is 0 Å². The highest BCUT2D eigenvalue weighted by Gasteiger charge is 2.05. The molecule has 0 radical (unpaired) electrons. The third kappa shape index (κ3) is 3.68. The zero-order valence-corrected chi connectivity index (χ0v) is 13.9. The van der Waals surface area contributed by atoms with Crippen molar-refractivity contribution in [2.24, 2.45) is 0 Å². The standard InChI is InChI=1S/C18H15BrN2O2/c19-17-10-15(9-14-6-7-20-11-16(14)17)13-3-1-12(2-4-13)5-8-21-18(22)23/h1-4,6-7,9-11,21H,5,8H2,(H,22,23). The van der Waals surface area contributed by atoms with Gasteiger partial charge in [-0.05, 0) is 46.7 Å². The Morgan fingerprint density at radius 3 is 2.65 bits per heavy atom. The van der Waals surface area contributed by atoms with Gasteiger partial charge in [-0.3, -0.25) is 4.98 Å². The lowest BCUT2D eigenvalue weighted by Crippen LogP contribution is -2.23. The highest BCUT2D eigenvalue weighted by molar-refractivity contribution is 9.10. The number of hydrogen-bond donors (Lipinski definition) is 2. The molecular weight excluding hydrogens is 356 g/mol. The maximum Gasteiger partial charge on any atom is 0.404 e. The number of hydrogen-bond acceptors (Lipinski definition) is 2. The lowest BCUT2D eigenvalue weighted by Gasteiger charge is -2.08. The first-order valence-corrected chi connectivity index (χ1v) is 8.02. The SMILES string of the molecule is O=C(O)NCCc1ccc(-c2cc(Br)c3cnccc3c2)cc1.